The van der Waals surface area contributed by atoms with Crippen LogP contribution in [0.3, 0.4) is 0 Å². The van der Waals surface area contributed by atoms with Crippen LogP contribution in [0, 0.1) is 0 Å². The molecule has 5 heterocycles. The van der Waals surface area contributed by atoms with Gasteiger partial charge in [-0.15, -0.1) is 0 Å². The summed E-state index contributed by atoms with van der Waals surface area (Å²) in [7, 11) is 0. The third-order valence-corrected chi connectivity index (χ3v) is 9.59. The molecule has 1 unspecified atom stereocenters. The van der Waals surface area contributed by atoms with Gasteiger partial charge in [-0.2, -0.15) is 0 Å². The lowest BCUT2D eigenvalue weighted by atomic mass is 9.87. The molecule has 2 aromatic heterocycles. The van der Waals surface area contributed by atoms with E-state index in [9.17, 15) is 85.6 Å². The Hall–Kier alpha value is -7.40. The topological polar surface area (TPSA) is 385 Å². The van der Waals surface area contributed by atoms with Gasteiger partial charge in [-0.05, 0) is 12.1 Å². The highest BCUT2D eigenvalue weighted by atomic mass is 16.7. The van der Waals surface area contributed by atoms with Crippen molar-refractivity contribution in [1.29, 1.82) is 0 Å². The Bertz CT molecular complexity index is 2870. The van der Waals surface area contributed by atoms with Crippen LogP contribution >= 0.6 is 0 Å². The molecule has 1 fully saturated rings. The van der Waals surface area contributed by atoms with Crippen molar-refractivity contribution in [2.24, 2.45) is 0 Å². The highest BCUT2D eigenvalue weighted by Gasteiger charge is 2.48. The number of hydrogen-bond donors (Lipinski definition) is 13. The number of fused-ring (bicyclic) bond motifs is 5. The average molecular weight is 783 g/mol. The number of aliphatic hydroxyl groups excluding tert-OH is 3. The Morgan fingerprint density at radius 3 is 1.39 bits per heavy atom. The first-order valence-electron chi connectivity index (χ1n) is 15.7. The lowest BCUT2D eigenvalue weighted by Gasteiger charge is -2.39. The number of benzene rings is 4. The molecule has 56 heavy (non-hydrogen) atoms. The van der Waals surface area contributed by atoms with E-state index in [-0.39, 0.29) is 0 Å². The second-order valence-electron chi connectivity index (χ2n) is 12.6. The molecule has 3 aliphatic heterocycles. The van der Waals surface area contributed by atoms with Gasteiger partial charge in [-0.25, -0.2) is 19.2 Å². The van der Waals surface area contributed by atoms with E-state index in [2.05, 4.69) is 0 Å². The lowest BCUT2D eigenvalue weighted by molar-refractivity contribution is -0.285. The smallest absolute Gasteiger partial charge is 0.345 e. The van der Waals surface area contributed by atoms with Gasteiger partial charge in [-0.1, -0.05) is 0 Å². The van der Waals surface area contributed by atoms with Gasteiger partial charge >= 0.3 is 23.2 Å². The first-order valence-corrected chi connectivity index (χ1v) is 15.7. The van der Waals surface area contributed by atoms with Gasteiger partial charge in [0.15, 0.2) is 58.1 Å². The van der Waals surface area contributed by atoms with Crippen molar-refractivity contribution >= 4 is 44.6 Å². The summed E-state index contributed by atoms with van der Waals surface area (Å²) in [6.07, 6.45) is -10.9. The van der Waals surface area contributed by atoms with E-state index in [0.717, 1.165) is 0 Å². The van der Waals surface area contributed by atoms with Crippen molar-refractivity contribution in [3.63, 3.8) is 0 Å². The molecular weight excluding hydrogens is 760 g/mol. The maximum absolute atomic E-state index is 13.9. The number of aliphatic hydroxyl groups is 3. The second-order valence-corrected chi connectivity index (χ2v) is 12.6. The molecule has 5 atom stereocenters. The molecule has 8 bridgehead atoms. The van der Waals surface area contributed by atoms with E-state index in [4.69, 9.17) is 23.0 Å². The van der Waals surface area contributed by atoms with E-state index in [1.807, 2.05) is 0 Å². The maximum atomic E-state index is 13.9. The van der Waals surface area contributed by atoms with E-state index in [0.29, 0.717) is 12.1 Å². The normalized spacial score (nSPS) is 21.3. The first kappa shape index (κ1) is 35.6. The van der Waals surface area contributed by atoms with Crippen molar-refractivity contribution in [2.45, 2.75) is 30.7 Å². The predicted octanol–water partition coefficient (Wildman–Crippen LogP) is 0.0152. The number of rotatable bonds is 0. The van der Waals surface area contributed by atoms with E-state index in [1.54, 1.807) is 0 Å². The van der Waals surface area contributed by atoms with Gasteiger partial charge in [0, 0.05) is 33.0 Å². The Morgan fingerprint density at radius 2 is 0.929 bits per heavy atom. The quantitative estimate of drug-likeness (QED) is 0.0418. The van der Waals surface area contributed by atoms with Gasteiger partial charge in [0.25, 0.3) is 0 Å². The van der Waals surface area contributed by atoms with Crippen LogP contribution in [0.5, 0.6) is 57.5 Å². The molecule has 6 aromatic rings. The summed E-state index contributed by atoms with van der Waals surface area (Å²) in [6.45, 7) is -1.08. The van der Waals surface area contributed by atoms with Gasteiger partial charge in [-0.3, -0.25) is 0 Å². The fraction of sp³-hybridized carbons (Fsp3) is 0.176. The van der Waals surface area contributed by atoms with Crippen LogP contribution in [0.25, 0.3) is 55.0 Å². The number of esters is 2. The number of hydrogen-bond acceptors (Lipinski definition) is 22. The van der Waals surface area contributed by atoms with Gasteiger partial charge in [0.05, 0.1) is 21.9 Å². The second kappa shape index (κ2) is 11.8. The summed E-state index contributed by atoms with van der Waals surface area (Å²) in [5.74, 6) is -17.3. The van der Waals surface area contributed by atoms with Crippen LogP contribution in [-0.4, -0.2) is 116 Å². The first-order chi connectivity index (χ1) is 26.4. The minimum absolute atomic E-state index is 0.413. The fourth-order valence-corrected chi connectivity index (χ4v) is 6.99. The number of carbonyl (C=O) groups excluding carboxylic acids is 2. The van der Waals surface area contributed by atoms with Crippen LogP contribution in [-0.2, 0) is 14.2 Å². The molecule has 22 nitrogen and oxygen atoms in total. The molecule has 0 spiro atoms. The summed E-state index contributed by atoms with van der Waals surface area (Å²) in [4.78, 5) is 55.1. The van der Waals surface area contributed by atoms with Gasteiger partial charge in [0.1, 0.15) is 24.9 Å². The number of ether oxygens (including phenoxy) is 3. The van der Waals surface area contributed by atoms with Crippen LogP contribution in [0.15, 0.2) is 30.6 Å². The third kappa shape index (κ3) is 4.57. The van der Waals surface area contributed by atoms with Crippen molar-refractivity contribution in [2.75, 3.05) is 6.61 Å². The molecule has 290 valence electrons. The predicted molar refractivity (Wildman–Crippen MR) is 177 cm³/mol. The molecule has 9 rings (SSSR count). The van der Waals surface area contributed by atoms with Gasteiger partial charge < -0.3 is 89.4 Å². The molecule has 1 saturated heterocycles. The molecule has 4 aromatic carbocycles. The molecule has 13 N–H and O–H groups in total. The molecule has 0 radical (unpaired) electrons. The summed E-state index contributed by atoms with van der Waals surface area (Å²) in [5.41, 5.74) is -11.9. The third-order valence-electron chi connectivity index (χ3n) is 9.59. The molecule has 3 aliphatic rings. The average Bonchev–Trinajstić information content (AvgIpc) is 3.15. The van der Waals surface area contributed by atoms with Crippen LogP contribution in [0.4, 0.5) is 0 Å². The molecule has 22 heteroatoms. The van der Waals surface area contributed by atoms with Gasteiger partial charge in [0.2, 0.25) is 23.0 Å². The number of aromatic hydroxyl groups is 10. The zero-order chi connectivity index (χ0) is 40.6. The van der Waals surface area contributed by atoms with Crippen molar-refractivity contribution in [1.82, 2.24) is 0 Å². The standard InChI is InChI=1S/C34H22O22/c35-6-1-4-9(20(40)17(6)37)11-15-13-14-16(33(50)55-27(13)25(45)22(11)42)12(23(43)26(46)28(14)54-32(15)49)10-5(2-7(36)18(38)21(10)41)31(48)56-29-24(44)19(39)8(53-34(29)51)3-52-30(4)47/h1-2,8,19,24,29,34-46,51H,3H2/t8-,19-,24+,29-,34?/m1/s1. The zero-order valence-corrected chi connectivity index (χ0v) is 27.2. The summed E-state index contributed by atoms with van der Waals surface area (Å²) < 4.78 is 26.0. The van der Waals surface area contributed by atoms with E-state index >= 15 is 0 Å². The highest BCUT2D eigenvalue weighted by molar-refractivity contribution is 6.29. The SMILES string of the molecule is O=C1OC[C@H]2OC(O)[C@H](OC(=O)c3cc(O)c(O)c(O)c3-c3c(O)c(O)c4oc(=O)c5c(c(O)c(O)c6oc(=O)c3c4c65)-c3c1cc(O)c(O)c3O)[C@@H](O)[C@@H]2O. The molecular formula is C34H22O22. The minimum Gasteiger partial charge on any atom is -0.504 e. The molecule has 0 amide bonds. The minimum atomic E-state index is -2.36. The van der Waals surface area contributed by atoms with Crippen molar-refractivity contribution in [3.8, 4) is 79.7 Å². The zero-order valence-electron chi connectivity index (χ0n) is 27.2. The van der Waals surface area contributed by atoms with Crippen LogP contribution in [0.2, 0.25) is 0 Å². The fourth-order valence-electron chi connectivity index (χ4n) is 6.99. The summed E-state index contributed by atoms with van der Waals surface area (Å²) in [6, 6.07) is 0.877. The maximum Gasteiger partial charge on any atom is 0.345 e. The number of phenolic OH excluding ortho intramolecular Hbond substituents is 10. The summed E-state index contributed by atoms with van der Waals surface area (Å²) in [5, 5.41) is 138. The summed E-state index contributed by atoms with van der Waals surface area (Å²) >= 11 is 0. The molecule has 0 saturated carbocycles. The van der Waals surface area contributed by atoms with E-state index < -0.39 is 184 Å². The Balaban J connectivity index is 1.62. The van der Waals surface area contributed by atoms with E-state index in [1.165, 1.54) is 0 Å². The number of carbonyl (C=O) groups is 2. The van der Waals surface area contributed by atoms with Crippen molar-refractivity contribution in [3.05, 3.63) is 44.1 Å². The van der Waals surface area contributed by atoms with Crippen LogP contribution < -0.4 is 11.3 Å². The number of phenols is 10. The van der Waals surface area contributed by atoms with Crippen molar-refractivity contribution < 1.29 is 99.0 Å². The van der Waals surface area contributed by atoms with Crippen LogP contribution in [0.1, 0.15) is 20.7 Å². The Labute approximate surface area is 304 Å². The largest absolute Gasteiger partial charge is 0.504 e. The highest BCUT2D eigenvalue weighted by Crippen LogP contribution is 2.58. The molecule has 0 aliphatic carbocycles. The Kier molecular flexibility index (Phi) is 7.50. The lowest BCUT2D eigenvalue weighted by Crippen LogP contribution is -2.60. The monoisotopic (exact) mass is 782 g/mol. The Morgan fingerprint density at radius 1 is 0.500 bits per heavy atom.